The average molecular weight is 393 g/mol. The fourth-order valence-electron chi connectivity index (χ4n) is 3.38. The van der Waals surface area contributed by atoms with Gasteiger partial charge in [-0.3, -0.25) is 14.6 Å². The molecule has 2 aromatic carbocycles. The van der Waals surface area contributed by atoms with Crippen molar-refractivity contribution in [2.45, 2.75) is 12.8 Å². The number of fused-ring (bicyclic) bond motifs is 1. The topological polar surface area (TPSA) is 62.3 Å². The van der Waals surface area contributed by atoms with Crippen LogP contribution in [-0.4, -0.2) is 23.3 Å². The Morgan fingerprint density at radius 2 is 1.76 bits per heavy atom. The molecule has 5 nitrogen and oxygen atoms in total. The Kier molecular flexibility index (Phi) is 5.03. The third kappa shape index (κ3) is 3.71. The Hall–Kier alpha value is -3.61. The van der Waals surface area contributed by atoms with E-state index in [0.29, 0.717) is 6.54 Å². The van der Waals surface area contributed by atoms with E-state index >= 15 is 0 Å². The van der Waals surface area contributed by atoms with E-state index in [1.807, 2.05) is 24.3 Å². The standard InChI is InChI=1S/C22H17F2N3O2/c23-16-7-3-8-17(24)20(16)26-21(28)18-13-15(10-11-25-18)22(29)27-12-4-6-14-5-1-2-9-19(14)27/h1-3,5,7-11,13H,4,6,12H2,(H,26,28). The molecule has 2 heterocycles. The van der Waals surface area contributed by atoms with Crippen LogP contribution in [0.25, 0.3) is 0 Å². The zero-order chi connectivity index (χ0) is 20.4. The van der Waals surface area contributed by atoms with Gasteiger partial charge in [0.15, 0.2) is 0 Å². The van der Waals surface area contributed by atoms with Crippen LogP contribution in [0.4, 0.5) is 20.2 Å². The summed E-state index contributed by atoms with van der Waals surface area (Å²) in [6, 6.07) is 13.8. The SMILES string of the molecule is O=C(Nc1c(F)cccc1F)c1cc(C(=O)N2CCCc3ccccc32)ccn1. The molecular formula is C22H17F2N3O2. The number of pyridine rings is 1. The molecule has 0 atom stereocenters. The number of amides is 2. The van der Waals surface area contributed by atoms with Gasteiger partial charge in [-0.1, -0.05) is 24.3 Å². The van der Waals surface area contributed by atoms with Crippen molar-refractivity contribution in [3.05, 3.63) is 89.2 Å². The Bertz CT molecular complexity index is 1080. The number of halogens is 2. The van der Waals surface area contributed by atoms with Crippen LogP contribution >= 0.6 is 0 Å². The molecule has 7 heteroatoms. The predicted molar refractivity (Wildman–Crippen MR) is 105 cm³/mol. The summed E-state index contributed by atoms with van der Waals surface area (Å²) >= 11 is 0. The van der Waals surface area contributed by atoms with E-state index in [2.05, 4.69) is 10.3 Å². The number of rotatable bonds is 3. The van der Waals surface area contributed by atoms with Crippen LogP contribution in [0.5, 0.6) is 0 Å². The van der Waals surface area contributed by atoms with Crippen molar-refractivity contribution < 1.29 is 18.4 Å². The second-order valence-corrected chi connectivity index (χ2v) is 6.67. The Balaban J connectivity index is 1.59. The van der Waals surface area contributed by atoms with E-state index in [1.165, 1.54) is 24.4 Å². The maximum absolute atomic E-state index is 13.8. The largest absolute Gasteiger partial charge is 0.316 e. The molecule has 0 spiro atoms. The average Bonchev–Trinajstić information content (AvgIpc) is 2.75. The van der Waals surface area contributed by atoms with Crippen LogP contribution in [0.1, 0.15) is 32.8 Å². The zero-order valence-electron chi connectivity index (χ0n) is 15.4. The second-order valence-electron chi connectivity index (χ2n) is 6.67. The van der Waals surface area contributed by atoms with Crippen molar-refractivity contribution in [1.82, 2.24) is 4.98 Å². The van der Waals surface area contributed by atoms with Crippen LogP contribution in [0.2, 0.25) is 0 Å². The van der Waals surface area contributed by atoms with E-state index in [9.17, 15) is 18.4 Å². The van der Waals surface area contributed by atoms with Crippen LogP contribution < -0.4 is 10.2 Å². The fraction of sp³-hybridized carbons (Fsp3) is 0.136. The van der Waals surface area contributed by atoms with E-state index in [0.717, 1.165) is 36.2 Å². The van der Waals surface area contributed by atoms with Gasteiger partial charge < -0.3 is 10.2 Å². The minimum absolute atomic E-state index is 0.108. The normalized spacial score (nSPS) is 13.0. The highest BCUT2D eigenvalue weighted by Gasteiger charge is 2.24. The summed E-state index contributed by atoms with van der Waals surface area (Å²) in [7, 11) is 0. The number of nitrogens with zero attached hydrogens (tertiary/aromatic N) is 2. The van der Waals surface area contributed by atoms with E-state index in [4.69, 9.17) is 0 Å². The highest BCUT2D eigenvalue weighted by molar-refractivity contribution is 6.09. The number of nitrogens with one attached hydrogen (secondary N) is 1. The number of para-hydroxylation sites is 2. The Morgan fingerprint density at radius 1 is 1.00 bits per heavy atom. The summed E-state index contributed by atoms with van der Waals surface area (Å²) in [6.07, 6.45) is 3.07. The number of hydrogen-bond donors (Lipinski definition) is 1. The van der Waals surface area contributed by atoms with Gasteiger partial charge in [0, 0.05) is 24.0 Å². The first kappa shape index (κ1) is 18.7. The van der Waals surface area contributed by atoms with Gasteiger partial charge >= 0.3 is 0 Å². The number of aromatic nitrogens is 1. The fourth-order valence-corrected chi connectivity index (χ4v) is 3.38. The van der Waals surface area contributed by atoms with E-state index in [-0.39, 0.29) is 17.2 Å². The molecule has 0 fully saturated rings. The van der Waals surface area contributed by atoms with Gasteiger partial charge in [-0.05, 0) is 48.7 Å². The van der Waals surface area contributed by atoms with Gasteiger partial charge in [-0.25, -0.2) is 8.78 Å². The lowest BCUT2D eigenvalue weighted by Gasteiger charge is -2.29. The number of benzene rings is 2. The highest BCUT2D eigenvalue weighted by Crippen LogP contribution is 2.28. The molecule has 2 amide bonds. The number of anilines is 2. The molecule has 146 valence electrons. The summed E-state index contributed by atoms with van der Waals surface area (Å²) in [6.45, 7) is 0.570. The molecule has 3 aromatic rings. The molecule has 0 saturated heterocycles. The van der Waals surface area contributed by atoms with Crippen molar-refractivity contribution in [3.63, 3.8) is 0 Å². The first-order valence-electron chi connectivity index (χ1n) is 9.16. The minimum Gasteiger partial charge on any atom is -0.316 e. The minimum atomic E-state index is -0.893. The third-order valence-corrected chi connectivity index (χ3v) is 4.80. The highest BCUT2D eigenvalue weighted by atomic mass is 19.1. The molecule has 1 aliphatic rings. The number of hydrogen-bond acceptors (Lipinski definition) is 3. The van der Waals surface area contributed by atoms with Gasteiger partial charge in [0.25, 0.3) is 11.8 Å². The molecule has 4 rings (SSSR count). The first-order chi connectivity index (χ1) is 14.0. The van der Waals surface area contributed by atoms with Crippen molar-refractivity contribution in [2.24, 2.45) is 0 Å². The number of aryl methyl sites for hydroxylation is 1. The van der Waals surface area contributed by atoms with Crippen molar-refractivity contribution in [3.8, 4) is 0 Å². The molecule has 0 bridgehead atoms. The molecular weight excluding hydrogens is 376 g/mol. The molecule has 1 N–H and O–H groups in total. The van der Waals surface area contributed by atoms with Crippen molar-refractivity contribution in [2.75, 3.05) is 16.8 Å². The van der Waals surface area contributed by atoms with Crippen molar-refractivity contribution >= 4 is 23.2 Å². The number of carbonyl (C=O) groups excluding carboxylic acids is 2. The van der Waals surface area contributed by atoms with Gasteiger partial charge in [0.1, 0.15) is 23.0 Å². The Labute approximate surface area is 166 Å². The monoisotopic (exact) mass is 393 g/mol. The molecule has 0 aliphatic carbocycles. The molecule has 0 saturated carbocycles. The first-order valence-corrected chi connectivity index (χ1v) is 9.16. The zero-order valence-corrected chi connectivity index (χ0v) is 15.4. The molecule has 0 unspecified atom stereocenters. The molecule has 0 radical (unpaired) electrons. The van der Waals surface area contributed by atoms with Crippen LogP contribution in [0.15, 0.2) is 60.8 Å². The molecule has 1 aliphatic heterocycles. The smallest absolute Gasteiger partial charge is 0.274 e. The lowest BCUT2D eigenvalue weighted by atomic mass is 10.0. The van der Waals surface area contributed by atoms with E-state index < -0.39 is 23.2 Å². The second kappa shape index (κ2) is 7.79. The van der Waals surface area contributed by atoms with Crippen LogP contribution in [0.3, 0.4) is 0 Å². The van der Waals surface area contributed by atoms with Gasteiger partial charge in [0.05, 0.1) is 0 Å². The summed E-state index contributed by atoms with van der Waals surface area (Å²) in [4.78, 5) is 31.1. The van der Waals surface area contributed by atoms with Gasteiger partial charge in [-0.15, -0.1) is 0 Å². The Morgan fingerprint density at radius 3 is 2.55 bits per heavy atom. The predicted octanol–water partition coefficient (Wildman–Crippen LogP) is 4.21. The summed E-state index contributed by atoms with van der Waals surface area (Å²) in [5.74, 6) is -2.85. The van der Waals surface area contributed by atoms with E-state index in [1.54, 1.807) is 4.90 Å². The lowest BCUT2D eigenvalue weighted by Crippen LogP contribution is -2.35. The van der Waals surface area contributed by atoms with Gasteiger partial charge in [0.2, 0.25) is 0 Å². The number of carbonyl (C=O) groups is 2. The lowest BCUT2D eigenvalue weighted by molar-refractivity contribution is 0.0985. The maximum Gasteiger partial charge on any atom is 0.274 e. The van der Waals surface area contributed by atoms with Crippen LogP contribution in [-0.2, 0) is 6.42 Å². The summed E-state index contributed by atoms with van der Waals surface area (Å²) in [5, 5.41) is 2.18. The maximum atomic E-state index is 13.8. The summed E-state index contributed by atoms with van der Waals surface area (Å²) < 4.78 is 27.6. The van der Waals surface area contributed by atoms with Crippen molar-refractivity contribution in [1.29, 1.82) is 0 Å². The summed E-state index contributed by atoms with van der Waals surface area (Å²) in [5.41, 5.74) is 1.55. The molecule has 1 aromatic heterocycles. The van der Waals surface area contributed by atoms with Crippen LogP contribution in [0, 0.1) is 11.6 Å². The van der Waals surface area contributed by atoms with Gasteiger partial charge in [-0.2, -0.15) is 0 Å². The third-order valence-electron chi connectivity index (χ3n) is 4.80. The quantitative estimate of drug-likeness (QED) is 0.725. The molecule has 29 heavy (non-hydrogen) atoms.